The van der Waals surface area contributed by atoms with Crippen molar-refractivity contribution in [2.75, 3.05) is 6.61 Å². The normalized spacial score (nSPS) is 10.8. The molecule has 0 spiro atoms. The number of esters is 1. The van der Waals surface area contributed by atoms with Crippen LogP contribution in [0.1, 0.15) is 43.0 Å². The van der Waals surface area contributed by atoms with Crippen LogP contribution in [0.5, 0.6) is 0 Å². The van der Waals surface area contributed by atoms with Crippen LogP contribution in [0.2, 0.25) is 5.02 Å². The van der Waals surface area contributed by atoms with E-state index in [4.69, 9.17) is 16.3 Å². The summed E-state index contributed by atoms with van der Waals surface area (Å²) in [6.07, 6.45) is 4.27. The molecule has 0 radical (unpaired) electrons. The van der Waals surface area contributed by atoms with Gasteiger partial charge in [-0.1, -0.05) is 80.3 Å². The van der Waals surface area contributed by atoms with E-state index in [0.29, 0.717) is 28.4 Å². The van der Waals surface area contributed by atoms with Crippen molar-refractivity contribution >= 4 is 28.5 Å². The molecule has 0 amide bonds. The summed E-state index contributed by atoms with van der Waals surface area (Å²) in [6.45, 7) is 2.59. The van der Waals surface area contributed by atoms with Crippen molar-refractivity contribution in [3.8, 4) is 11.3 Å². The van der Waals surface area contributed by atoms with E-state index in [1.165, 1.54) is 0 Å². The molecular formula is C22H22ClNO2. The first-order valence-electron chi connectivity index (χ1n) is 9.02. The van der Waals surface area contributed by atoms with Gasteiger partial charge in [0, 0.05) is 10.9 Å². The number of nitrogens with zero attached hydrogens (tertiary/aromatic N) is 1. The highest BCUT2D eigenvalue weighted by Crippen LogP contribution is 2.29. The van der Waals surface area contributed by atoms with Crippen molar-refractivity contribution in [2.24, 2.45) is 0 Å². The van der Waals surface area contributed by atoms with Crippen molar-refractivity contribution in [1.82, 2.24) is 4.98 Å². The van der Waals surface area contributed by atoms with E-state index in [9.17, 15) is 4.79 Å². The van der Waals surface area contributed by atoms with Crippen LogP contribution in [-0.4, -0.2) is 17.6 Å². The fraction of sp³-hybridized carbons (Fsp3) is 0.273. The lowest BCUT2D eigenvalue weighted by Gasteiger charge is -2.11. The lowest BCUT2D eigenvalue weighted by Crippen LogP contribution is -2.08. The number of rotatable bonds is 7. The molecule has 26 heavy (non-hydrogen) atoms. The Balaban J connectivity index is 1.95. The zero-order chi connectivity index (χ0) is 18.4. The number of hydrogen-bond donors (Lipinski definition) is 0. The third-order valence-electron chi connectivity index (χ3n) is 4.31. The van der Waals surface area contributed by atoms with Crippen LogP contribution in [0.3, 0.4) is 0 Å². The molecule has 1 aromatic heterocycles. The van der Waals surface area contributed by atoms with Gasteiger partial charge >= 0.3 is 5.97 Å². The lowest BCUT2D eigenvalue weighted by molar-refractivity contribution is 0.0500. The van der Waals surface area contributed by atoms with Crippen LogP contribution in [0.4, 0.5) is 0 Å². The Morgan fingerprint density at radius 1 is 1.04 bits per heavy atom. The summed E-state index contributed by atoms with van der Waals surface area (Å²) in [5.41, 5.74) is 2.77. The van der Waals surface area contributed by atoms with Crippen LogP contribution in [-0.2, 0) is 4.74 Å². The summed E-state index contributed by atoms with van der Waals surface area (Å²) >= 11 is 6.34. The van der Waals surface area contributed by atoms with Crippen LogP contribution in [0, 0.1) is 0 Å². The maximum atomic E-state index is 12.7. The highest BCUT2D eigenvalue weighted by Gasteiger charge is 2.16. The van der Waals surface area contributed by atoms with Crippen molar-refractivity contribution in [3.05, 3.63) is 65.2 Å². The maximum absolute atomic E-state index is 12.7. The van der Waals surface area contributed by atoms with Crippen LogP contribution < -0.4 is 0 Å². The van der Waals surface area contributed by atoms with Gasteiger partial charge < -0.3 is 4.74 Å². The van der Waals surface area contributed by atoms with Gasteiger partial charge in [-0.05, 0) is 18.6 Å². The Morgan fingerprint density at radius 2 is 1.85 bits per heavy atom. The van der Waals surface area contributed by atoms with Crippen LogP contribution in [0.25, 0.3) is 22.2 Å². The van der Waals surface area contributed by atoms with Gasteiger partial charge in [-0.3, -0.25) is 0 Å². The molecule has 2 aromatic carbocycles. The first-order valence-corrected chi connectivity index (χ1v) is 9.40. The maximum Gasteiger partial charge on any atom is 0.338 e. The lowest BCUT2D eigenvalue weighted by atomic mass is 10.0. The molecule has 0 bridgehead atoms. The molecule has 134 valence electrons. The average Bonchev–Trinajstić information content (AvgIpc) is 2.68. The predicted molar refractivity (Wildman–Crippen MR) is 107 cm³/mol. The molecule has 0 aliphatic rings. The summed E-state index contributed by atoms with van der Waals surface area (Å²) in [5, 5.41) is 1.24. The third-order valence-corrected chi connectivity index (χ3v) is 4.62. The van der Waals surface area contributed by atoms with E-state index in [-0.39, 0.29) is 5.97 Å². The van der Waals surface area contributed by atoms with Crippen molar-refractivity contribution in [2.45, 2.75) is 32.6 Å². The van der Waals surface area contributed by atoms with E-state index < -0.39 is 0 Å². The van der Waals surface area contributed by atoms with Crippen molar-refractivity contribution in [3.63, 3.8) is 0 Å². The smallest absolute Gasteiger partial charge is 0.338 e. The molecule has 0 aliphatic carbocycles. The zero-order valence-corrected chi connectivity index (χ0v) is 15.6. The molecule has 4 heteroatoms. The number of pyridine rings is 1. The standard InChI is InChI=1S/C22H22ClNO2/c1-2-3-4-8-14-26-22(25)18-15-20(16-10-6-5-7-11-16)24-21-17(18)12-9-13-19(21)23/h5-7,9-13,15H,2-4,8,14H2,1H3. The Morgan fingerprint density at radius 3 is 2.62 bits per heavy atom. The summed E-state index contributed by atoms with van der Waals surface area (Å²) in [5.74, 6) is -0.326. The summed E-state index contributed by atoms with van der Waals surface area (Å²) in [6, 6.07) is 17.0. The van der Waals surface area contributed by atoms with E-state index >= 15 is 0 Å². The topological polar surface area (TPSA) is 39.2 Å². The second-order valence-electron chi connectivity index (χ2n) is 6.25. The molecular weight excluding hydrogens is 346 g/mol. The van der Waals surface area contributed by atoms with Gasteiger partial charge in [0.05, 0.1) is 28.4 Å². The van der Waals surface area contributed by atoms with E-state index in [1.54, 1.807) is 12.1 Å². The largest absolute Gasteiger partial charge is 0.462 e. The summed E-state index contributed by atoms with van der Waals surface area (Å²) < 4.78 is 5.50. The fourth-order valence-corrected chi connectivity index (χ4v) is 3.13. The molecule has 0 fully saturated rings. The summed E-state index contributed by atoms with van der Waals surface area (Å²) in [7, 11) is 0. The van der Waals surface area contributed by atoms with Gasteiger partial charge in [0.1, 0.15) is 0 Å². The Hall–Kier alpha value is -2.39. The molecule has 3 nitrogen and oxygen atoms in total. The second-order valence-corrected chi connectivity index (χ2v) is 6.66. The van der Waals surface area contributed by atoms with Gasteiger partial charge in [0.2, 0.25) is 0 Å². The van der Waals surface area contributed by atoms with Crippen LogP contribution in [0.15, 0.2) is 54.6 Å². The SMILES string of the molecule is CCCCCCOC(=O)c1cc(-c2ccccc2)nc2c(Cl)cccc12. The molecule has 0 saturated carbocycles. The van der Waals surface area contributed by atoms with Crippen LogP contribution >= 0.6 is 11.6 Å². The number of aromatic nitrogens is 1. The van der Waals surface area contributed by atoms with Gasteiger partial charge in [0.25, 0.3) is 0 Å². The minimum Gasteiger partial charge on any atom is -0.462 e. The Kier molecular flexibility index (Phi) is 6.24. The van der Waals surface area contributed by atoms with Gasteiger partial charge in [0.15, 0.2) is 0 Å². The molecule has 0 saturated heterocycles. The number of para-hydroxylation sites is 1. The molecule has 1 heterocycles. The first-order chi connectivity index (χ1) is 12.7. The van der Waals surface area contributed by atoms with E-state index in [1.807, 2.05) is 42.5 Å². The Labute approximate surface area is 159 Å². The number of unbranched alkanes of at least 4 members (excludes halogenated alkanes) is 3. The molecule has 3 rings (SSSR count). The molecule has 3 aromatic rings. The van der Waals surface area contributed by atoms with Gasteiger partial charge in [-0.2, -0.15) is 0 Å². The number of carbonyl (C=O) groups is 1. The quantitative estimate of drug-likeness (QED) is 0.363. The number of ether oxygens (including phenoxy) is 1. The molecule has 0 N–H and O–H groups in total. The van der Waals surface area contributed by atoms with Crippen molar-refractivity contribution < 1.29 is 9.53 Å². The third kappa shape index (κ3) is 4.23. The fourth-order valence-electron chi connectivity index (χ4n) is 2.91. The number of fused-ring (bicyclic) bond motifs is 1. The molecule has 0 aliphatic heterocycles. The molecule has 0 atom stereocenters. The molecule has 0 unspecified atom stereocenters. The average molecular weight is 368 g/mol. The highest BCUT2D eigenvalue weighted by atomic mass is 35.5. The minimum atomic E-state index is -0.326. The second kappa shape index (κ2) is 8.81. The number of hydrogen-bond acceptors (Lipinski definition) is 3. The Bertz CT molecular complexity index is 893. The van der Waals surface area contributed by atoms with Gasteiger partial charge in [-0.15, -0.1) is 0 Å². The predicted octanol–water partition coefficient (Wildman–Crippen LogP) is 6.29. The number of benzene rings is 2. The van der Waals surface area contributed by atoms with Crippen molar-refractivity contribution in [1.29, 1.82) is 0 Å². The number of halogens is 1. The minimum absolute atomic E-state index is 0.326. The monoisotopic (exact) mass is 367 g/mol. The van der Waals surface area contributed by atoms with E-state index in [0.717, 1.165) is 36.6 Å². The first kappa shape index (κ1) is 18.4. The number of carbonyl (C=O) groups excluding carboxylic acids is 1. The summed E-state index contributed by atoms with van der Waals surface area (Å²) in [4.78, 5) is 17.4. The highest BCUT2D eigenvalue weighted by molar-refractivity contribution is 6.35. The zero-order valence-electron chi connectivity index (χ0n) is 14.9. The van der Waals surface area contributed by atoms with Gasteiger partial charge in [-0.25, -0.2) is 9.78 Å². The van der Waals surface area contributed by atoms with E-state index in [2.05, 4.69) is 11.9 Å².